The lowest BCUT2D eigenvalue weighted by atomic mass is 10.2. The fourth-order valence-electron chi connectivity index (χ4n) is 1.58. The summed E-state index contributed by atoms with van der Waals surface area (Å²) in [5, 5.41) is 14.5. The van der Waals surface area contributed by atoms with Crippen LogP contribution in [-0.4, -0.2) is 26.2 Å². The number of hydrogen-bond donors (Lipinski definition) is 1. The van der Waals surface area contributed by atoms with Crippen LogP contribution in [0.5, 0.6) is 0 Å². The quantitative estimate of drug-likeness (QED) is 0.894. The Morgan fingerprint density at radius 3 is 2.83 bits per heavy atom. The molecule has 1 heterocycles. The molecule has 0 fully saturated rings. The van der Waals surface area contributed by atoms with Crippen molar-refractivity contribution in [2.45, 2.75) is 33.4 Å². The minimum Gasteiger partial charge on any atom is -0.308 e. The second-order valence-corrected chi connectivity index (χ2v) is 4.50. The molecule has 0 saturated carbocycles. The highest BCUT2D eigenvalue weighted by molar-refractivity contribution is 5.35. The van der Waals surface area contributed by atoms with Crippen LogP contribution in [0.1, 0.15) is 25.2 Å². The van der Waals surface area contributed by atoms with Crippen LogP contribution in [0.15, 0.2) is 18.2 Å². The van der Waals surface area contributed by atoms with Crippen LogP contribution >= 0.6 is 0 Å². The van der Waals surface area contributed by atoms with Crippen molar-refractivity contribution in [3.8, 4) is 5.69 Å². The highest BCUT2D eigenvalue weighted by Gasteiger charge is 2.12. The van der Waals surface area contributed by atoms with Gasteiger partial charge in [0.1, 0.15) is 11.5 Å². The Bertz CT molecular complexity index is 535. The monoisotopic (exact) mass is 249 g/mol. The summed E-state index contributed by atoms with van der Waals surface area (Å²) >= 11 is 0. The number of nitrogens with zero attached hydrogens (tertiary/aromatic N) is 4. The predicted octanol–water partition coefficient (Wildman–Crippen LogP) is 1.61. The van der Waals surface area contributed by atoms with Gasteiger partial charge in [-0.3, -0.25) is 0 Å². The number of tetrazole rings is 1. The average molecular weight is 249 g/mol. The fraction of sp³-hybridized carbons (Fsp3) is 0.417. The van der Waals surface area contributed by atoms with Crippen molar-refractivity contribution in [3.63, 3.8) is 0 Å². The van der Waals surface area contributed by atoms with E-state index < -0.39 is 0 Å². The summed E-state index contributed by atoms with van der Waals surface area (Å²) in [7, 11) is 0. The molecule has 0 unspecified atom stereocenters. The lowest BCUT2D eigenvalue weighted by molar-refractivity contribution is 0.554. The van der Waals surface area contributed by atoms with E-state index in [4.69, 9.17) is 0 Å². The van der Waals surface area contributed by atoms with Gasteiger partial charge >= 0.3 is 0 Å². The first-order valence-corrected chi connectivity index (χ1v) is 5.85. The van der Waals surface area contributed by atoms with E-state index in [9.17, 15) is 4.39 Å². The Kier molecular flexibility index (Phi) is 3.66. The molecule has 1 aromatic heterocycles. The van der Waals surface area contributed by atoms with Crippen LogP contribution in [0.25, 0.3) is 5.69 Å². The zero-order valence-electron chi connectivity index (χ0n) is 10.7. The van der Waals surface area contributed by atoms with Gasteiger partial charge in [0.05, 0.1) is 6.54 Å². The zero-order valence-corrected chi connectivity index (χ0v) is 10.7. The number of aromatic nitrogens is 4. The highest BCUT2D eigenvalue weighted by Crippen LogP contribution is 2.14. The lowest BCUT2D eigenvalue weighted by Crippen LogP contribution is -2.24. The van der Waals surface area contributed by atoms with Crippen LogP contribution in [0.3, 0.4) is 0 Å². The summed E-state index contributed by atoms with van der Waals surface area (Å²) in [6.07, 6.45) is 0. The third-order valence-electron chi connectivity index (χ3n) is 2.53. The first kappa shape index (κ1) is 12.6. The first-order chi connectivity index (χ1) is 8.58. The van der Waals surface area contributed by atoms with Gasteiger partial charge in [-0.05, 0) is 35.0 Å². The van der Waals surface area contributed by atoms with Gasteiger partial charge in [0.2, 0.25) is 0 Å². The summed E-state index contributed by atoms with van der Waals surface area (Å²) in [6, 6.07) is 5.30. The number of halogens is 1. The van der Waals surface area contributed by atoms with Crippen molar-refractivity contribution in [3.05, 3.63) is 35.4 Å². The normalized spacial score (nSPS) is 11.2. The Labute approximate surface area is 105 Å². The highest BCUT2D eigenvalue weighted by atomic mass is 19.1. The van der Waals surface area contributed by atoms with E-state index in [0.29, 0.717) is 24.1 Å². The van der Waals surface area contributed by atoms with Crippen LogP contribution in [-0.2, 0) is 6.54 Å². The maximum absolute atomic E-state index is 13.9. The summed E-state index contributed by atoms with van der Waals surface area (Å²) in [4.78, 5) is 0. The molecule has 0 amide bonds. The molecule has 2 rings (SSSR count). The molecule has 2 aromatic rings. The van der Waals surface area contributed by atoms with Gasteiger partial charge in [0, 0.05) is 6.04 Å². The third kappa shape index (κ3) is 2.70. The first-order valence-electron chi connectivity index (χ1n) is 5.85. The molecule has 0 atom stereocenters. The predicted molar refractivity (Wildman–Crippen MR) is 65.8 cm³/mol. The van der Waals surface area contributed by atoms with Gasteiger partial charge in [0.15, 0.2) is 5.82 Å². The number of benzene rings is 1. The molecule has 0 saturated heterocycles. The lowest BCUT2D eigenvalue weighted by Gasteiger charge is -2.09. The van der Waals surface area contributed by atoms with Crippen molar-refractivity contribution < 1.29 is 4.39 Å². The molecule has 1 aromatic carbocycles. The summed E-state index contributed by atoms with van der Waals surface area (Å²) in [6.45, 7) is 6.40. The van der Waals surface area contributed by atoms with Crippen LogP contribution < -0.4 is 5.32 Å². The standard InChI is InChI=1S/C12H16FN5/c1-8(2)14-7-12-15-16-17-18(12)11-5-4-9(3)6-10(11)13/h4-6,8,14H,7H2,1-3H3. The number of aryl methyl sites for hydroxylation is 1. The van der Waals surface area contributed by atoms with E-state index in [1.165, 1.54) is 10.7 Å². The van der Waals surface area contributed by atoms with Crippen molar-refractivity contribution in [2.75, 3.05) is 0 Å². The van der Waals surface area contributed by atoms with E-state index >= 15 is 0 Å². The zero-order chi connectivity index (χ0) is 13.1. The molecule has 0 spiro atoms. The van der Waals surface area contributed by atoms with E-state index in [-0.39, 0.29) is 5.82 Å². The van der Waals surface area contributed by atoms with Crippen LogP contribution in [0.2, 0.25) is 0 Å². The minimum atomic E-state index is -0.326. The van der Waals surface area contributed by atoms with Crippen LogP contribution in [0.4, 0.5) is 4.39 Å². The molecule has 0 aliphatic heterocycles. The average Bonchev–Trinajstić information content (AvgIpc) is 2.74. The van der Waals surface area contributed by atoms with Crippen LogP contribution in [0, 0.1) is 12.7 Å². The third-order valence-corrected chi connectivity index (χ3v) is 2.53. The number of rotatable bonds is 4. The van der Waals surface area contributed by atoms with Gasteiger partial charge < -0.3 is 5.32 Å². The molecule has 0 radical (unpaired) electrons. The molecule has 1 N–H and O–H groups in total. The molecule has 0 aliphatic rings. The maximum atomic E-state index is 13.9. The molecular weight excluding hydrogens is 233 g/mol. The van der Waals surface area contributed by atoms with E-state index in [0.717, 1.165) is 5.56 Å². The van der Waals surface area contributed by atoms with Gasteiger partial charge in [-0.1, -0.05) is 19.9 Å². The smallest absolute Gasteiger partial charge is 0.170 e. The summed E-state index contributed by atoms with van der Waals surface area (Å²) in [5.74, 6) is 0.263. The van der Waals surface area contributed by atoms with E-state index in [1.54, 1.807) is 6.07 Å². The van der Waals surface area contributed by atoms with Gasteiger partial charge in [-0.25, -0.2) is 4.39 Å². The molecule has 5 nitrogen and oxygen atoms in total. The molecular formula is C12H16FN5. The number of hydrogen-bond acceptors (Lipinski definition) is 4. The van der Waals surface area contributed by atoms with Crippen molar-refractivity contribution in [1.29, 1.82) is 0 Å². The Hall–Kier alpha value is -1.82. The largest absolute Gasteiger partial charge is 0.308 e. The SMILES string of the molecule is Cc1ccc(-n2nnnc2CNC(C)C)c(F)c1. The second-order valence-electron chi connectivity index (χ2n) is 4.50. The molecule has 6 heteroatoms. The topological polar surface area (TPSA) is 55.6 Å². The molecule has 0 bridgehead atoms. The van der Waals surface area contributed by atoms with Gasteiger partial charge in [0.25, 0.3) is 0 Å². The molecule has 96 valence electrons. The maximum Gasteiger partial charge on any atom is 0.170 e. The van der Waals surface area contributed by atoms with Gasteiger partial charge in [-0.15, -0.1) is 5.10 Å². The Morgan fingerprint density at radius 1 is 1.39 bits per heavy atom. The van der Waals surface area contributed by atoms with Gasteiger partial charge in [-0.2, -0.15) is 4.68 Å². The fourth-order valence-corrected chi connectivity index (χ4v) is 1.58. The van der Waals surface area contributed by atoms with E-state index in [1.807, 2.05) is 26.8 Å². The van der Waals surface area contributed by atoms with Crippen molar-refractivity contribution >= 4 is 0 Å². The van der Waals surface area contributed by atoms with Crippen molar-refractivity contribution in [2.24, 2.45) is 0 Å². The number of nitrogens with one attached hydrogen (secondary N) is 1. The minimum absolute atomic E-state index is 0.318. The summed E-state index contributed by atoms with van der Waals surface area (Å²) < 4.78 is 15.3. The van der Waals surface area contributed by atoms with E-state index in [2.05, 4.69) is 20.8 Å². The second kappa shape index (κ2) is 5.22. The Balaban J connectivity index is 2.30. The summed E-state index contributed by atoms with van der Waals surface area (Å²) in [5.41, 5.74) is 1.23. The van der Waals surface area contributed by atoms with Crippen molar-refractivity contribution in [1.82, 2.24) is 25.5 Å². The Morgan fingerprint density at radius 2 is 2.17 bits per heavy atom. The molecule has 18 heavy (non-hydrogen) atoms. The molecule has 0 aliphatic carbocycles.